The highest BCUT2D eigenvalue weighted by molar-refractivity contribution is 5.83. The molecule has 2 rings (SSSR count). The van der Waals surface area contributed by atoms with Crippen LogP contribution in [0.15, 0.2) is 0 Å². The summed E-state index contributed by atoms with van der Waals surface area (Å²) in [6, 6.07) is -0.332. The summed E-state index contributed by atoms with van der Waals surface area (Å²) in [5.74, 6) is 0.329. The summed E-state index contributed by atoms with van der Waals surface area (Å²) in [6.45, 7) is 4.87. The number of carboxylic acid groups (broad SMARTS) is 1. The molecule has 1 saturated carbocycles. The lowest BCUT2D eigenvalue weighted by molar-refractivity contribution is -0.148. The molecular formula is C13H22N2O3. The minimum Gasteiger partial charge on any atom is -0.480 e. The molecule has 3 atom stereocenters. The third-order valence-corrected chi connectivity index (χ3v) is 4.13. The molecule has 2 aliphatic rings. The van der Waals surface area contributed by atoms with Crippen LogP contribution in [0.25, 0.3) is 0 Å². The summed E-state index contributed by atoms with van der Waals surface area (Å²) < 4.78 is 0. The standard InChI is InChI=1S/C13H22N2O3/c1-8-3-9(2)5-10(4-8)15-7-12(16)14-6-11(15)13(17)18/h8-11H,3-7H2,1-2H3,(H,14,16)(H,17,18). The highest BCUT2D eigenvalue weighted by Crippen LogP contribution is 2.32. The minimum atomic E-state index is -0.833. The zero-order valence-corrected chi connectivity index (χ0v) is 11.1. The molecule has 2 fully saturated rings. The maximum absolute atomic E-state index is 11.5. The van der Waals surface area contributed by atoms with E-state index in [-0.39, 0.29) is 25.0 Å². The Morgan fingerprint density at radius 3 is 2.44 bits per heavy atom. The van der Waals surface area contributed by atoms with Crippen LogP contribution in [0.2, 0.25) is 0 Å². The summed E-state index contributed by atoms with van der Waals surface area (Å²) in [4.78, 5) is 24.7. The Morgan fingerprint density at radius 1 is 1.28 bits per heavy atom. The van der Waals surface area contributed by atoms with Crippen LogP contribution in [-0.2, 0) is 9.59 Å². The molecule has 3 unspecified atom stereocenters. The molecule has 5 heteroatoms. The van der Waals surface area contributed by atoms with Gasteiger partial charge >= 0.3 is 5.97 Å². The number of nitrogens with zero attached hydrogens (tertiary/aromatic N) is 1. The van der Waals surface area contributed by atoms with Crippen LogP contribution in [0, 0.1) is 11.8 Å². The molecular weight excluding hydrogens is 232 g/mol. The molecule has 0 aromatic rings. The lowest BCUT2D eigenvalue weighted by Crippen LogP contribution is -2.61. The first-order chi connectivity index (χ1) is 8.47. The SMILES string of the molecule is CC1CC(C)CC(N2CC(=O)NCC2C(=O)O)C1. The van der Waals surface area contributed by atoms with E-state index in [1.54, 1.807) is 0 Å². The fraction of sp³-hybridized carbons (Fsp3) is 0.846. The van der Waals surface area contributed by atoms with E-state index < -0.39 is 12.0 Å². The van der Waals surface area contributed by atoms with Crippen LogP contribution in [-0.4, -0.2) is 47.1 Å². The molecule has 0 spiro atoms. The van der Waals surface area contributed by atoms with Crippen LogP contribution in [0.5, 0.6) is 0 Å². The van der Waals surface area contributed by atoms with Crippen molar-refractivity contribution < 1.29 is 14.7 Å². The summed E-state index contributed by atoms with van der Waals surface area (Å²) in [7, 11) is 0. The average Bonchev–Trinajstić information content (AvgIpc) is 2.27. The first-order valence-electron chi connectivity index (χ1n) is 6.72. The fourth-order valence-electron chi connectivity index (χ4n) is 3.45. The predicted octanol–water partition coefficient (Wildman–Crippen LogP) is 0.696. The van der Waals surface area contributed by atoms with Crippen LogP contribution < -0.4 is 5.32 Å². The number of amides is 1. The van der Waals surface area contributed by atoms with Gasteiger partial charge in [-0.15, -0.1) is 0 Å². The highest BCUT2D eigenvalue weighted by atomic mass is 16.4. The molecule has 0 bridgehead atoms. The lowest BCUT2D eigenvalue weighted by atomic mass is 9.79. The van der Waals surface area contributed by atoms with E-state index in [1.165, 1.54) is 6.42 Å². The summed E-state index contributed by atoms with van der Waals surface area (Å²) >= 11 is 0. The number of carboxylic acids is 1. The number of rotatable bonds is 2. The number of aliphatic carboxylic acids is 1. The van der Waals surface area contributed by atoms with E-state index in [2.05, 4.69) is 19.2 Å². The van der Waals surface area contributed by atoms with E-state index in [1.807, 2.05) is 4.90 Å². The normalized spacial score (nSPS) is 38.2. The molecule has 2 N–H and O–H groups in total. The molecule has 1 aliphatic heterocycles. The van der Waals surface area contributed by atoms with E-state index in [4.69, 9.17) is 0 Å². The number of hydrogen-bond donors (Lipinski definition) is 2. The second kappa shape index (κ2) is 5.26. The fourth-order valence-corrected chi connectivity index (χ4v) is 3.45. The molecule has 18 heavy (non-hydrogen) atoms. The Balaban J connectivity index is 2.11. The van der Waals surface area contributed by atoms with Crippen molar-refractivity contribution in [1.82, 2.24) is 10.2 Å². The largest absolute Gasteiger partial charge is 0.480 e. The van der Waals surface area contributed by atoms with E-state index in [0.717, 1.165) is 12.8 Å². The Hall–Kier alpha value is -1.10. The molecule has 1 heterocycles. The second-order valence-corrected chi connectivity index (χ2v) is 5.90. The number of carbonyl (C=O) groups excluding carboxylic acids is 1. The molecule has 1 saturated heterocycles. The highest BCUT2D eigenvalue weighted by Gasteiger charge is 2.38. The second-order valence-electron chi connectivity index (χ2n) is 5.90. The van der Waals surface area contributed by atoms with Gasteiger partial charge < -0.3 is 10.4 Å². The van der Waals surface area contributed by atoms with Gasteiger partial charge in [0.2, 0.25) is 5.91 Å². The Labute approximate surface area is 108 Å². The molecule has 1 aliphatic carbocycles. The molecule has 0 aromatic carbocycles. The van der Waals surface area contributed by atoms with Crippen molar-refractivity contribution in [3.05, 3.63) is 0 Å². The first-order valence-corrected chi connectivity index (χ1v) is 6.72. The van der Waals surface area contributed by atoms with Gasteiger partial charge in [0.25, 0.3) is 0 Å². The van der Waals surface area contributed by atoms with E-state index in [0.29, 0.717) is 11.8 Å². The molecule has 5 nitrogen and oxygen atoms in total. The van der Waals surface area contributed by atoms with Gasteiger partial charge in [-0.25, -0.2) is 0 Å². The Kier molecular flexibility index (Phi) is 3.90. The van der Waals surface area contributed by atoms with Gasteiger partial charge in [0, 0.05) is 12.6 Å². The van der Waals surface area contributed by atoms with Crippen molar-refractivity contribution in [3.63, 3.8) is 0 Å². The van der Waals surface area contributed by atoms with Crippen molar-refractivity contribution in [1.29, 1.82) is 0 Å². The third-order valence-electron chi connectivity index (χ3n) is 4.13. The molecule has 0 radical (unpaired) electrons. The van der Waals surface area contributed by atoms with Crippen LogP contribution in [0.3, 0.4) is 0 Å². The van der Waals surface area contributed by atoms with Crippen LogP contribution >= 0.6 is 0 Å². The maximum Gasteiger partial charge on any atom is 0.322 e. The van der Waals surface area contributed by atoms with Gasteiger partial charge in [-0.1, -0.05) is 13.8 Å². The molecule has 102 valence electrons. The van der Waals surface area contributed by atoms with Gasteiger partial charge in [-0.3, -0.25) is 14.5 Å². The van der Waals surface area contributed by atoms with E-state index in [9.17, 15) is 14.7 Å². The summed E-state index contributed by atoms with van der Waals surface area (Å²) in [5.41, 5.74) is 0. The monoisotopic (exact) mass is 254 g/mol. The quantitative estimate of drug-likeness (QED) is 0.761. The number of piperazine rings is 1. The zero-order valence-electron chi connectivity index (χ0n) is 11.1. The smallest absolute Gasteiger partial charge is 0.322 e. The maximum atomic E-state index is 11.5. The van der Waals surface area contributed by atoms with Gasteiger partial charge in [-0.2, -0.15) is 0 Å². The van der Waals surface area contributed by atoms with Crippen molar-refractivity contribution >= 4 is 11.9 Å². The Morgan fingerprint density at radius 2 is 1.89 bits per heavy atom. The van der Waals surface area contributed by atoms with Crippen LogP contribution in [0.4, 0.5) is 0 Å². The predicted molar refractivity (Wildman–Crippen MR) is 67.1 cm³/mol. The van der Waals surface area contributed by atoms with Gasteiger partial charge in [0.15, 0.2) is 0 Å². The summed E-state index contributed by atoms with van der Waals surface area (Å²) in [5, 5.41) is 11.9. The van der Waals surface area contributed by atoms with Gasteiger partial charge in [-0.05, 0) is 31.1 Å². The first kappa shape index (κ1) is 13.3. The lowest BCUT2D eigenvalue weighted by Gasteiger charge is -2.43. The molecule has 0 aromatic heterocycles. The van der Waals surface area contributed by atoms with Gasteiger partial charge in [0.05, 0.1) is 6.54 Å². The number of carbonyl (C=O) groups is 2. The van der Waals surface area contributed by atoms with Gasteiger partial charge in [0.1, 0.15) is 6.04 Å². The minimum absolute atomic E-state index is 0.0571. The van der Waals surface area contributed by atoms with Crippen molar-refractivity contribution in [2.24, 2.45) is 11.8 Å². The van der Waals surface area contributed by atoms with Crippen molar-refractivity contribution in [3.8, 4) is 0 Å². The average molecular weight is 254 g/mol. The topological polar surface area (TPSA) is 69.6 Å². The van der Waals surface area contributed by atoms with E-state index >= 15 is 0 Å². The van der Waals surface area contributed by atoms with Crippen LogP contribution in [0.1, 0.15) is 33.1 Å². The van der Waals surface area contributed by atoms with Crippen molar-refractivity contribution in [2.75, 3.05) is 13.1 Å². The Bertz CT molecular complexity index is 335. The van der Waals surface area contributed by atoms with Crippen molar-refractivity contribution in [2.45, 2.75) is 45.2 Å². The zero-order chi connectivity index (χ0) is 13.3. The number of hydrogen-bond acceptors (Lipinski definition) is 3. The number of nitrogens with one attached hydrogen (secondary N) is 1. The summed E-state index contributed by atoms with van der Waals surface area (Å²) in [6.07, 6.45) is 3.21. The third kappa shape index (κ3) is 2.83. The molecule has 1 amide bonds.